The van der Waals surface area contributed by atoms with E-state index in [1.165, 1.54) is 37.5 Å². The van der Waals surface area contributed by atoms with E-state index in [1.807, 2.05) is 30.3 Å². The van der Waals surface area contributed by atoms with Gasteiger partial charge in [-0.2, -0.15) is 0 Å². The van der Waals surface area contributed by atoms with Crippen LogP contribution in [0.2, 0.25) is 0 Å². The number of imide groups is 2. The third-order valence-corrected chi connectivity index (χ3v) is 7.06. The Kier molecular flexibility index (Phi) is 9.55. The van der Waals surface area contributed by atoms with Crippen molar-refractivity contribution in [3.05, 3.63) is 140 Å². The normalized spacial score (nSPS) is 13.6. The monoisotopic (exact) mass is 650 g/mol. The predicted octanol–water partition coefficient (Wildman–Crippen LogP) is 6.28. The molecule has 1 heterocycles. The Labute approximate surface area is 272 Å². The number of nitro benzene ring substituents is 2. The summed E-state index contributed by atoms with van der Waals surface area (Å²) in [4.78, 5) is 61.3. The first kappa shape index (κ1) is 32.6. The lowest BCUT2D eigenvalue weighted by atomic mass is 10.0. The number of barbiturate groups is 1. The average molecular weight is 651 g/mol. The molecule has 1 fully saturated rings. The van der Waals surface area contributed by atoms with Crippen molar-refractivity contribution in [2.75, 3.05) is 12.0 Å². The number of amides is 4. The van der Waals surface area contributed by atoms with Crippen molar-refractivity contribution in [3.8, 4) is 23.0 Å². The molecule has 1 aliphatic heterocycles. The molecule has 4 aromatic rings. The van der Waals surface area contributed by atoms with Crippen molar-refractivity contribution in [1.29, 1.82) is 0 Å². The quantitative estimate of drug-likeness (QED) is 0.0603. The highest BCUT2D eigenvalue weighted by Crippen LogP contribution is 2.41. The molecule has 0 radical (unpaired) electrons. The van der Waals surface area contributed by atoms with E-state index in [0.29, 0.717) is 23.5 Å². The van der Waals surface area contributed by atoms with Gasteiger partial charge in [-0.05, 0) is 66.1 Å². The summed E-state index contributed by atoms with van der Waals surface area (Å²) in [7, 11) is 1.31. The summed E-state index contributed by atoms with van der Waals surface area (Å²) >= 11 is 0. The summed E-state index contributed by atoms with van der Waals surface area (Å²) in [5, 5.41) is 25.0. The molecule has 0 atom stereocenters. The Morgan fingerprint density at radius 3 is 2.27 bits per heavy atom. The second-order valence-corrected chi connectivity index (χ2v) is 10.2. The Morgan fingerprint density at radius 2 is 1.62 bits per heavy atom. The van der Waals surface area contributed by atoms with Crippen molar-refractivity contribution in [1.82, 2.24) is 5.32 Å². The second kappa shape index (κ2) is 14.1. The lowest BCUT2D eigenvalue weighted by Gasteiger charge is -2.26. The maximum Gasteiger partial charge on any atom is 0.335 e. The highest BCUT2D eigenvalue weighted by Gasteiger charge is 2.37. The molecule has 1 saturated heterocycles. The lowest BCUT2D eigenvalue weighted by molar-refractivity contribution is -0.394. The molecule has 242 valence electrons. The number of anilines is 1. The molecule has 0 saturated carbocycles. The predicted molar refractivity (Wildman–Crippen MR) is 173 cm³/mol. The maximum atomic E-state index is 13.6. The molecule has 4 aromatic carbocycles. The van der Waals surface area contributed by atoms with Crippen LogP contribution >= 0.6 is 0 Å². The number of carbonyl (C=O) groups excluding carboxylic acids is 3. The zero-order valence-electron chi connectivity index (χ0n) is 25.3. The first-order chi connectivity index (χ1) is 23.1. The van der Waals surface area contributed by atoms with Crippen LogP contribution in [0, 0.1) is 20.2 Å². The first-order valence-electron chi connectivity index (χ1n) is 14.2. The van der Waals surface area contributed by atoms with Gasteiger partial charge in [-0.25, -0.2) is 9.69 Å². The number of nitro groups is 2. The van der Waals surface area contributed by atoms with E-state index >= 15 is 0 Å². The van der Waals surface area contributed by atoms with Gasteiger partial charge >= 0.3 is 11.7 Å². The Hall–Kier alpha value is -6.83. The number of nitrogens with zero attached hydrogens (tertiary/aromatic N) is 3. The molecule has 14 heteroatoms. The van der Waals surface area contributed by atoms with Gasteiger partial charge < -0.3 is 14.2 Å². The summed E-state index contributed by atoms with van der Waals surface area (Å²) in [6.45, 7) is 4.04. The fraction of sp³-hybridized carbons (Fsp3) is 0.0882. The molecule has 14 nitrogen and oxygen atoms in total. The number of benzene rings is 4. The molecule has 0 spiro atoms. The fourth-order valence-corrected chi connectivity index (χ4v) is 4.79. The van der Waals surface area contributed by atoms with Crippen LogP contribution in [0.4, 0.5) is 21.9 Å². The molecule has 4 amide bonds. The van der Waals surface area contributed by atoms with Crippen molar-refractivity contribution in [3.63, 3.8) is 0 Å². The van der Waals surface area contributed by atoms with Crippen molar-refractivity contribution < 1.29 is 38.4 Å². The standard InChI is InChI=1S/C34H26N4O10/c1-3-7-23-16-22(18-30(46-2)31(23)48-29-15-12-25(37(42)43)19-28(29)38(44)45)17-27-32(39)35-34(41)36(33(27)40)24-10-13-26(14-11-24)47-20-21-8-5-4-6-9-21/h3-6,8-19H,1,7,20H2,2H3,(H,35,39,41)/b27-17+. The summed E-state index contributed by atoms with van der Waals surface area (Å²) in [6.07, 6.45) is 2.95. The van der Waals surface area contributed by atoms with Crippen molar-refractivity contribution in [2.24, 2.45) is 0 Å². The topological polar surface area (TPSA) is 180 Å². The van der Waals surface area contributed by atoms with Crippen LogP contribution in [-0.2, 0) is 22.6 Å². The molecule has 0 aromatic heterocycles. The fourth-order valence-electron chi connectivity index (χ4n) is 4.79. The van der Waals surface area contributed by atoms with Gasteiger partial charge in [-0.1, -0.05) is 36.4 Å². The number of rotatable bonds is 12. The van der Waals surface area contributed by atoms with Gasteiger partial charge in [0.05, 0.1) is 28.7 Å². The molecular formula is C34H26N4O10. The Morgan fingerprint density at radius 1 is 0.896 bits per heavy atom. The summed E-state index contributed by atoms with van der Waals surface area (Å²) in [6, 6.07) is 20.7. The first-order valence-corrected chi connectivity index (χ1v) is 14.2. The van der Waals surface area contributed by atoms with E-state index in [2.05, 4.69) is 11.9 Å². The van der Waals surface area contributed by atoms with Crippen molar-refractivity contribution in [2.45, 2.75) is 13.0 Å². The molecular weight excluding hydrogens is 624 g/mol. The Bertz CT molecular complexity index is 1970. The highest BCUT2D eigenvalue weighted by atomic mass is 16.6. The molecule has 5 rings (SSSR count). The minimum atomic E-state index is -0.932. The molecule has 0 bridgehead atoms. The van der Waals surface area contributed by atoms with Gasteiger partial charge in [-0.3, -0.25) is 35.1 Å². The van der Waals surface area contributed by atoms with Crippen LogP contribution in [0.25, 0.3) is 6.08 Å². The lowest BCUT2D eigenvalue weighted by Crippen LogP contribution is -2.54. The van der Waals surface area contributed by atoms with Gasteiger partial charge in [0.15, 0.2) is 11.5 Å². The van der Waals surface area contributed by atoms with E-state index in [0.717, 1.165) is 28.7 Å². The van der Waals surface area contributed by atoms with E-state index < -0.39 is 39.1 Å². The molecule has 0 unspecified atom stereocenters. The average Bonchev–Trinajstić information content (AvgIpc) is 3.07. The van der Waals surface area contributed by atoms with E-state index in [-0.39, 0.29) is 34.9 Å². The molecule has 1 N–H and O–H groups in total. The zero-order chi connectivity index (χ0) is 34.4. The summed E-state index contributed by atoms with van der Waals surface area (Å²) in [5.41, 5.74) is 0.349. The molecule has 0 aliphatic carbocycles. The van der Waals surface area contributed by atoms with Crippen LogP contribution in [-0.4, -0.2) is 34.8 Å². The summed E-state index contributed by atoms with van der Waals surface area (Å²) < 4.78 is 17.1. The van der Waals surface area contributed by atoms with E-state index in [9.17, 15) is 34.6 Å². The van der Waals surface area contributed by atoms with Gasteiger partial charge in [0.25, 0.3) is 17.5 Å². The third kappa shape index (κ3) is 7.02. The molecule has 1 aliphatic rings. The number of hydrogen-bond acceptors (Lipinski definition) is 10. The number of allylic oxidation sites excluding steroid dienone is 1. The number of carbonyl (C=O) groups is 3. The van der Waals surface area contributed by atoms with Crippen molar-refractivity contribution >= 4 is 41.0 Å². The highest BCUT2D eigenvalue weighted by molar-refractivity contribution is 6.39. The third-order valence-electron chi connectivity index (χ3n) is 7.06. The number of ether oxygens (including phenoxy) is 3. The van der Waals surface area contributed by atoms with E-state index in [1.54, 1.807) is 18.2 Å². The maximum absolute atomic E-state index is 13.6. The second-order valence-electron chi connectivity index (χ2n) is 10.2. The minimum absolute atomic E-state index is 0.0438. The van der Waals surface area contributed by atoms with E-state index in [4.69, 9.17) is 14.2 Å². The number of nitrogens with one attached hydrogen (secondary N) is 1. The SMILES string of the molecule is C=CCc1cc(/C=C2\C(=O)NC(=O)N(c3ccc(OCc4ccccc4)cc3)C2=O)cc(OC)c1Oc1ccc([N+](=O)[O-])cc1[N+](=O)[O-]. The van der Waals surface area contributed by atoms with Gasteiger partial charge in [0, 0.05) is 11.6 Å². The summed E-state index contributed by atoms with van der Waals surface area (Å²) in [5.74, 6) is -1.47. The Balaban J connectivity index is 1.45. The van der Waals surface area contributed by atoms with Crippen LogP contribution in [0.5, 0.6) is 23.0 Å². The number of non-ortho nitro benzene ring substituents is 1. The smallest absolute Gasteiger partial charge is 0.335 e. The number of methoxy groups -OCH3 is 1. The van der Waals surface area contributed by atoms with Crippen LogP contribution in [0.1, 0.15) is 16.7 Å². The van der Waals surface area contributed by atoms with Gasteiger partial charge in [-0.15, -0.1) is 6.58 Å². The number of urea groups is 1. The van der Waals surface area contributed by atoms with Crippen LogP contribution in [0.3, 0.4) is 0 Å². The number of hydrogen-bond donors (Lipinski definition) is 1. The minimum Gasteiger partial charge on any atom is -0.493 e. The molecule has 48 heavy (non-hydrogen) atoms. The van der Waals surface area contributed by atoms with Crippen LogP contribution < -0.4 is 24.4 Å². The van der Waals surface area contributed by atoms with Gasteiger partial charge in [0.1, 0.15) is 17.9 Å². The van der Waals surface area contributed by atoms with Gasteiger partial charge in [0.2, 0.25) is 5.75 Å². The largest absolute Gasteiger partial charge is 0.493 e. The van der Waals surface area contributed by atoms with Crippen LogP contribution in [0.15, 0.2) is 103 Å². The zero-order valence-corrected chi connectivity index (χ0v) is 25.3.